The monoisotopic (exact) mass is 287 g/mol. The van der Waals surface area contributed by atoms with E-state index in [1.54, 1.807) is 0 Å². The maximum atomic E-state index is 5.95. The van der Waals surface area contributed by atoms with Gasteiger partial charge >= 0.3 is 0 Å². The van der Waals surface area contributed by atoms with Gasteiger partial charge in [-0.2, -0.15) is 0 Å². The van der Waals surface area contributed by atoms with Gasteiger partial charge in [-0.05, 0) is 56.0 Å². The van der Waals surface area contributed by atoms with Crippen LogP contribution in [0.1, 0.15) is 24.8 Å². The Kier molecular flexibility index (Phi) is 5.77. The fourth-order valence-corrected chi connectivity index (χ4v) is 2.56. The zero-order chi connectivity index (χ0) is 12.8. The summed E-state index contributed by atoms with van der Waals surface area (Å²) >= 11 is 11.8. The van der Waals surface area contributed by atoms with E-state index in [0.29, 0.717) is 16.7 Å². The fraction of sp³-hybridized carbons (Fsp3) is 0.571. The molecule has 1 aliphatic rings. The van der Waals surface area contributed by atoms with Gasteiger partial charge in [0.1, 0.15) is 0 Å². The smallest absolute Gasteiger partial charge is 0.0717 e. The molecule has 0 spiro atoms. The summed E-state index contributed by atoms with van der Waals surface area (Å²) in [4.78, 5) is 0. The molecule has 1 aromatic rings. The summed E-state index contributed by atoms with van der Waals surface area (Å²) in [5.74, 6) is 0.819. The second kappa shape index (κ2) is 7.34. The Morgan fingerprint density at radius 2 is 1.94 bits per heavy atom. The average molecular weight is 288 g/mol. The van der Waals surface area contributed by atoms with Crippen molar-refractivity contribution in [2.24, 2.45) is 5.92 Å². The summed E-state index contributed by atoms with van der Waals surface area (Å²) in [6.45, 7) is 3.74. The molecule has 18 heavy (non-hydrogen) atoms. The largest absolute Gasteiger partial charge is 0.377 e. The molecule has 1 aromatic carbocycles. The molecule has 100 valence electrons. The summed E-state index contributed by atoms with van der Waals surface area (Å²) in [5, 5.41) is 4.56. The third-order valence-electron chi connectivity index (χ3n) is 3.38. The Bertz CT molecular complexity index is 378. The van der Waals surface area contributed by atoms with E-state index in [1.165, 1.54) is 12.8 Å². The van der Waals surface area contributed by atoms with Gasteiger partial charge in [0.15, 0.2) is 0 Å². The van der Waals surface area contributed by atoms with E-state index < -0.39 is 0 Å². The first kappa shape index (κ1) is 14.1. The van der Waals surface area contributed by atoms with Crippen LogP contribution >= 0.6 is 23.2 Å². The van der Waals surface area contributed by atoms with E-state index >= 15 is 0 Å². The molecule has 0 unspecified atom stereocenters. The van der Waals surface area contributed by atoms with Crippen molar-refractivity contribution in [1.29, 1.82) is 0 Å². The first-order chi connectivity index (χ1) is 8.75. The first-order valence-electron chi connectivity index (χ1n) is 6.48. The molecule has 4 heteroatoms. The standard InChI is InChI=1S/C14H19Cl2NO/c15-13-2-1-12(9-14(13)16)10-18-8-5-11-3-6-17-7-4-11/h1-2,9,11,17H,3-8,10H2. The van der Waals surface area contributed by atoms with Crippen molar-refractivity contribution in [3.63, 3.8) is 0 Å². The van der Waals surface area contributed by atoms with Gasteiger partial charge in [0.25, 0.3) is 0 Å². The lowest BCUT2D eigenvalue weighted by Crippen LogP contribution is -2.28. The quantitative estimate of drug-likeness (QED) is 0.830. The minimum absolute atomic E-state index is 0.593. The van der Waals surface area contributed by atoms with E-state index in [1.807, 2.05) is 18.2 Å². The zero-order valence-corrected chi connectivity index (χ0v) is 11.9. The van der Waals surface area contributed by atoms with Crippen LogP contribution in [0, 0.1) is 5.92 Å². The molecule has 2 rings (SSSR count). The molecule has 1 heterocycles. The van der Waals surface area contributed by atoms with Crippen LogP contribution in [0.15, 0.2) is 18.2 Å². The van der Waals surface area contributed by atoms with Crippen LogP contribution in [-0.2, 0) is 11.3 Å². The van der Waals surface area contributed by atoms with Gasteiger partial charge in [0.2, 0.25) is 0 Å². The van der Waals surface area contributed by atoms with Gasteiger partial charge in [0, 0.05) is 6.61 Å². The number of hydrogen-bond acceptors (Lipinski definition) is 2. The van der Waals surface area contributed by atoms with Gasteiger partial charge in [-0.1, -0.05) is 29.3 Å². The highest BCUT2D eigenvalue weighted by molar-refractivity contribution is 6.41. The van der Waals surface area contributed by atoms with E-state index in [9.17, 15) is 0 Å². The van der Waals surface area contributed by atoms with Crippen molar-refractivity contribution in [3.05, 3.63) is 33.8 Å². The molecule has 0 atom stereocenters. The minimum atomic E-state index is 0.593. The van der Waals surface area contributed by atoms with Crippen molar-refractivity contribution >= 4 is 23.2 Å². The fourth-order valence-electron chi connectivity index (χ4n) is 2.24. The van der Waals surface area contributed by atoms with Gasteiger partial charge in [-0.3, -0.25) is 0 Å². The van der Waals surface area contributed by atoms with Crippen LogP contribution in [0.25, 0.3) is 0 Å². The van der Waals surface area contributed by atoms with Gasteiger partial charge < -0.3 is 10.1 Å². The summed E-state index contributed by atoms with van der Waals surface area (Å²) in [5.41, 5.74) is 1.08. The number of nitrogens with one attached hydrogen (secondary N) is 1. The van der Waals surface area contributed by atoms with Crippen molar-refractivity contribution < 1.29 is 4.74 Å². The first-order valence-corrected chi connectivity index (χ1v) is 7.23. The lowest BCUT2D eigenvalue weighted by Gasteiger charge is -2.22. The number of benzene rings is 1. The normalized spacial score (nSPS) is 17.0. The van der Waals surface area contributed by atoms with Crippen LogP contribution in [0.3, 0.4) is 0 Å². The molecule has 0 aliphatic carbocycles. The molecular weight excluding hydrogens is 269 g/mol. The molecule has 2 nitrogen and oxygen atoms in total. The van der Waals surface area contributed by atoms with E-state index in [-0.39, 0.29) is 0 Å². The zero-order valence-electron chi connectivity index (χ0n) is 10.4. The van der Waals surface area contributed by atoms with Crippen LogP contribution < -0.4 is 5.32 Å². The molecule has 0 aromatic heterocycles. The average Bonchev–Trinajstić information content (AvgIpc) is 2.40. The van der Waals surface area contributed by atoms with Crippen LogP contribution in [0.4, 0.5) is 0 Å². The summed E-state index contributed by atoms with van der Waals surface area (Å²) in [6, 6.07) is 5.64. The van der Waals surface area contributed by atoms with E-state index in [0.717, 1.165) is 37.6 Å². The molecule has 0 bridgehead atoms. The topological polar surface area (TPSA) is 21.3 Å². The van der Waals surface area contributed by atoms with Crippen LogP contribution in [0.2, 0.25) is 10.0 Å². The third-order valence-corrected chi connectivity index (χ3v) is 4.12. The summed E-state index contributed by atoms with van der Waals surface area (Å²) in [7, 11) is 0. The van der Waals surface area contributed by atoms with E-state index in [4.69, 9.17) is 27.9 Å². The Morgan fingerprint density at radius 3 is 2.67 bits per heavy atom. The minimum Gasteiger partial charge on any atom is -0.377 e. The molecule has 0 saturated carbocycles. The molecular formula is C14H19Cl2NO. The van der Waals surface area contributed by atoms with E-state index in [2.05, 4.69) is 5.32 Å². The highest BCUT2D eigenvalue weighted by Gasteiger charge is 2.12. The molecule has 1 aliphatic heterocycles. The lowest BCUT2D eigenvalue weighted by atomic mass is 9.95. The van der Waals surface area contributed by atoms with Gasteiger partial charge in [-0.25, -0.2) is 0 Å². The molecule has 0 amide bonds. The highest BCUT2D eigenvalue weighted by atomic mass is 35.5. The predicted octanol–water partition coefficient (Wildman–Crippen LogP) is 3.90. The molecule has 0 radical (unpaired) electrons. The Labute approximate surface area is 119 Å². The van der Waals surface area contributed by atoms with Gasteiger partial charge in [0.05, 0.1) is 16.7 Å². The Balaban J connectivity index is 1.66. The predicted molar refractivity (Wildman–Crippen MR) is 76.3 cm³/mol. The summed E-state index contributed by atoms with van der Waals surface area (Å²) < 4.78 is 5.70. The SMILES string of the molecule is Clc1ccc(COCCC2CCNCC2)cc1Cl. The van der Waals surface area contributed by atoms with Crippen molar-refractivity contribution in [3.8, 4) is 0 Å². The van der Waals surface area contributed by atoms with Crippen molar-refractivity contribution in [1.82, 2.24) is 5.32 Å². The number of piperidine rings is 1. The molecule has 1 saturated heterocycles. The van der Waals surface area contributed by atoms with Gasteiger partial charge in [-0.15, -0.1) is 0 Å². The third kappa shape index (κ3) is 4.43. The van der Waals surface area contributed by atoms with Crippen molar-refractivity contribution in [2.45, 2.75) is 25.9 Å². The Hall–Kier alpha value is -0.280. The van der Waals surface area contributed by atoms with Crippen LogP contribution in [0.5, 0.6) is 0 Å². The number of rotatable bonds is 5. The second-order valence-electron chi connectivity index (χ2n) is 4.78. The summed E-state index contributed by atoms with van der Waals surface area (Å²) in [6.07, 6.45) is 3.70. The number of hydrogen-bond donors (Lipinski definition) is 1. The molecule has 1 fully saturated rings. The Morgan fingerprint density at radius 1 is 1.17 bits per heavy atom. The number of halogens is 2. The maximum Gasteiger partial charge on any atom is 0.0717 e. The highest BCUT2D eigenvalue weighted by Crippen LogP contribution is 2.23. The number of ether oxygens (including phenoxy) is 1. The van der Waals surface area contributed by atoms with Crippen molar-refractivity contribution in [2.75, 3.05) is 19.7 Å². The second-order valence-corrected chi connectivity index (χ2v) is 5.60. The molecule has 1 N–H and O–H groups in total. The maximum absolute atomic E-state index is 5.95. The lowest BCUT2D eigenvalue weighted by molar-refractivity contribution is 0.103. The van der Waals surface area contributed by atoms with Crippen LogP contribution in [-0.4, -0.2) is 19.7 Å².